The van der Waals surface area contributed by atoms with E-state index in [9.17, 15) is 19.8 Å². The number of aliphatic hydroxyl groups is 1. The minimum absolute atomic E-state index is 0.174. The van der Waals surface area contributed by atoms with Crippen LogP contribution in [0.5, 0.6) is 0 Å². The van der Waals surface area contributed by atoms with Crippen molar-refractivity contribution in [2.24, 2.45) is 0 Å². The van der Waals surface area contributed by atoms with Crippen LogP contribution in [0.3, 0.4) is 0 Å². The van der Waals surface area contributed by atoms with Gasteiger partial charge in [-0.1, -0.05) is 36.5 Å². The number of aliphatic carboxylic acids is 1. The molecule has 0 radical (unpaired) electrons. The first kappa shape index (κ1) is 21.7. The SMILES string of the molecule is O=C(N[C@@H](Cc1c[nH]c2ccccc12)C(=O)O)c1ccc(C#CC2(O)CCCCC2)cc1. The molecule has 6 nitrogen and oxygen atoms in total. The summed E-state index contributed by atoms with van der Waals surface area (Å²) in [5.41, 5.74) is 1.89. The summed E-state index contributed by atoms with van der Waals surface area (Å²) in [5.74, 6) is 4.42. The van der Waals surface area contributed by atoms with E-state index in [1.807, 2.05) is 24.3 Å². The molecule has 1 aromatic heterocycles. The Morgan fingerprint density at radius 3 is 2.50 bits per heavy atom. The van der Waals surface area contributed by atoms with E-state index in [0.717, 1.165) is 35.7 Å². The molecule has 3 aromatic rings. The molecule has 4 rings (SSSR count). The molecule has 0 unspecified atom stereocenters. The zero-order valence-electron chi connectivity index (χ0n) is 17.7. The van der Waals surface area contributed by atoms with Gasteiger partial charge < -0.3 is 20.5 Å². The third-order valence-electron chi connectivity index (χ3n) is 5.97. The van der Waals surface area contributed by atoms with E-state index in [1.54, 1.807) is 30.5 Å². The highest BCUT2D eigenvalue weighted by molar-refractivity contribution is 5.97. The van der Waals surface area contributed by atoms with Crippen LogP contribution >= 0.6 is 0 Å². The van der Waals surface area contributed by atoms with Crippen LogP contribution in [0, 0.1) is 11.8 Å². The van der Waals surface area contributed by atoms with Crippen molar-refractivity contribution in [2.45, 2.75) is 50.2 Å². The number of benzene rings is 2. The zero-order chi connectivity index (χ0) is 22.6. The van der Waals surface area contributed by atoms with Gasteiger partial charge in [0.2, 0.25) is 0 Å². The quantitative estimate of drug-likeness (QED) is 0.464. The molecule has 1 saturated carbocycles. The molecule has 1 amide bonds. The summed E-state index contributed by atoms with van der Waals surface area (Å²) in [7, 11) is 0. The van der Waals surface area contributed by atoms with Crippen LogP contribution in [0.2, 0.25) is 0 Å². The van der Waals surface area contributed by atoms with Crippen LogP contribution in [0.25, 0.3) is 10.9 Å². The molecular weight excluding hydrogens is 404 g/mol. The Bertz CT molecular complexity index is 1180. The number of amides is 1. The standard InChI is InChI=1S/C26H26N2O4/c29-24(19-10-8-18(9-11-19)12-15-26(32)13-4-1-5-14-26)28-23(25(30)31)16-20-17-27-22-7-3-2-6-21(20)22/h2-3,6-11,17,23,27,32H,1,4-5,13-14,16H2,(H,28,29)(H,30,31)/t23-/m0/s1. The minimum atomic E-state index is -1.09. The van der Waals surface area contributed by atoms with Gasteiger partial charge in [-0.2, -0.15) is 0 Å². The molecular formula is C26H26N2O4. The maximum absolute atomic E-state index is 12.7. The van der Waals surface area contributed by atoms with Gasteiger partial charge in [-0.15, -0.1) is 0 Å². The molecule has 0 spiro atoms. The number of nitrogens with one attached hydrogen (secondary N) is 2. The predicted molar refractivity (Wildman–Crippen MR) is 122 cm³/mol. The van der Waals surface area contributed by atoms with Crippen molar-refractivity contribution in [1.82, 2.24) is 10.3 Å². The zero-order valence-corrected chi connectivity index (χ0v) is 17.7. The number of H-pyrrole nitrogens is 1. The van der Waals surface area contributed by atoms with Gasteiger partial charge in [0, 0.05) is 34.6 Å². The fraction of sp³-hybridized carbons (Fsp3) is 0.308. The number of carbonyl (C=O) groups excluding carboxylic acids is 1. The number of carbonyl (C=O) groups is 2. The molecule has 1 atom stereocenters. The molecule has 1 aliphatic carbocycles. The number of para-hydroxylation sites is 1. The molecule has 6 heteroatoms. The summed E-state index contributed by atoms with van der Waals surface area (Å²) < 4.78 is 0. The number of hydrogen-bond donors (Lipinski definition) is 4. The van der Waals surface area contributed by atoms with Crippen molar-refractivity contribution >= 4 is 22.8 Å². The first-order valence-electron chi connectivity index (χ1n) is 10.9. The normalized spacial score (nSPS) is 16.0. The van der Waals surface area contributed by atoms with Crippen molar-refractivity contribution in [3.63, 3.8) is 0 Å². The van der Waals surface area contributed by atoms with Crippen LogP contribution in [0.1, 0.15) is 53.6 Å². The Kier molecular flexibility index (Phi) is 6.29. The predicted octanol–water partition coefficient (Wildman–Crippen LogP) is 3.64. The van der Waals surface area contributed by atoms with Gasteiger partial charge in [0.15, 0.2) is 0 Å². The Labute approximate surface area is 186 Å². The molecule has 164 valence electrons. The van der Waals surface area contributed by atoms with E-state index < -0.39 is 23.5 Å². The molecule has 0 bridgehead atoms. The van der Waals surface area contributed by atoms with E-state index in [1.165, 1.54) is 0 Å². The smallest absolute Gasteiger partial charge is 0.326 e. The van der Waals surface area contributed by atoms with E-state index in [0.29, 0.717) is 24.0 Å². The highest BCUT2D eigenvalue weighted by Gasteiger charge is 2.26. The second kappa shape index (κ2) is 9.29. The average Bonchev–Trinajstić information content (AvgIpc) is 3.21. The van der Waals surface area contributed by atoms with Crippen molar-refractivity contribution < 1.29 is 19.8 Å². The summed E-state index contributed by atoms with van der Waals surface area (Å²) >= 11 is 0. The van der Waals surface area contributed by atoms with Crippen LogP contribution in [0.4, 0.5) is 0 Å². The molecule has 2 aromatic carbocycles. The Balaban J connectivity index is 1.43. The van der Waals surface area contributed by atoms with Crippen molar-refractivity contribution in [1.29, 1.82) is 0 Å². The monoisotopic (exact) mass is 430 g/mol. The van der Waals surface area contributed by atoms with Gasteiger partial charge in [0.05, 0.1) is 0 Å². The topological polar surface area (TPSA) is 102 Å². The third kappa shape index (κ3) is 5.01. The van der Waals surface area contributed by atoms with E-state index in [4.69, 9.17) is 0 Å². The lowest BCUT2D eigenvalue weighted by Crippen LogP contribution is -2.42. The van der Waals surface area contributed by atoms with Gasteiger partial charge in [-0.05, 0) is 61.6 Å². The van der Waals surface area contributed by atoms with Crippen LogP contribution in [-0.2, 0) is 11.2 Å². The third-order valence-corrected chi connectivity index (χ3v) is 5.97. The van der Waals surface area contributed by atoms with E-state index >= 15 is 0 Å². The lowest BCUT2D eigenvalue weighted by Gasteiger charge is -2.26. The lowest BCUT2D eigenvalue weighted by atomic mass is 9.85. The number of aromatic amines is 1. The Morgan fingerprint density at radius 2 is 1.78 bits per heavy atom. The number of carboxylic acid groups (broad SMARTS) is 1. The van der Waals surface area contributed by atoms with Crippen LogP contribution < -0.4 is 5.32 Å². The maximum Gasteiger partial charge on any atom is 0.326 e. The Morgan fingerprint density at radius 1 is 1.06 bits per heavy atom. The Hall–Kier alpha value is -3.56. The van der Waals surface area contributed by atoms with Gasteiger partial charge in [0.1, 0.15) is 11.6 Å². The van der Waals surface area contributed by atoms with E-state index in [-0.39, 0.29) is 6.42 Å². The van der Waals surface area contributed by atoms with Gasteiger partial charge >= 0.3 is 5.97 Å². The lowest BCUT2D eigenvalue weighted by molar-refractivity contribution is -0.139. The number of rotatable bonds is 5. The summed E-state index contributed by atoms with van der Waals surface area (Å²) in [6, 6.07) is 13.3. The van der Waals surface area contributed by atoms with Gasteiger partial charge in [-0.25, -0.2) is 4.79 Å². The summed E-state index contributed by atoms with van der Waals surface area (Å²) in [4.78, 5) is 27.6. The first-order valence-corrected chi connectivity index (χ1v) is 10.9. The second-order valence-corrected chi connectivity index (χ2v) is 8.35. The van der Waals surface area contributed by atoms with Gasteiger partial charge in [0.25, 0.3) is 5.91 Å². The molecule has 1 heterocycles. The highest BCUT2D eigenvalue weighted by atomic mass is 16.4. The fourth-order valence-corrected chi connectivity index (χ4v) is 4.12. The maximum atomic E-state index is 12.7. The average molecular weight is 431 g/mol. The summed E-state index contributed by atoms with van der Waals surface area (Å²) in [6.45, 7) is 0. The van der Waals surface area contributed by atoms with Crippen molar-refractivity contribution in [3.8, 4) is 11.8 Å². The molecule has 32 heavy (non-hydrogen) atoms. The molecule has 1 aliphatic rings. The number of hydrogen-bond acceptors (Lipinski definition) is 3. The minimum Gasteiger partial charge on any atom is -0.480 e. The van der Waals surface area contributed by atoms with Crippen LogP contribution in [-0.4, -0.2) is 38.7 Å². The van der Waals surface area contributed by atoms with Crippen molar-refractivity contribution in [3.05, 3.63) is 71.4 Å². The van der Waals surface area contributed by atoms with Gasteiger partial charge in [-0.3, -0.25) is 4.79 Å². The molecule has 0 aliphatic heterocycles. The molecule has 0 saturated heterocycles. The van der Waals surface area contributed by atoms with E-state index in [2.05, 4.69) is 22.1 Å². The molecule has 1 fully saturated rings. The number of carboxylic acids is 1. The number of fused-ring (bicyclic) bond motifs is 1. The van der Waals surface area contributed by atoms with Crippen LogP contribution in [0.15, 0.2) is 54.7 Å². The second-order valence-electron chi connectivity index (χ2n) is 8.35. The first-order chi connectivity index (χ1) is 15.4. The van der Waals surface area contributed by atoms with Crippen molar-refractivity contribution in [2.75, 3.05) is 0 Å². The number of aromatic nitrogens is 1. The molecule has 4 N–H and O–H groups in total. The summed E-state index contributed by atoms with van der Waals surface area (Å²) in [5, 5.41) is 23.7. The largest absolute Gasteiger partial charge is 0.480 e. The summed E-state index contributed by atoms with van der Waals surface area (Å²) in [6.07, 6.45) is 6.42. The highest BCUT2D eigenvalue weighted by Crippen LogP contribution is 2.27. The fourth-order valence-electron chi connectivity index (χ4n) is 4.12.